The summed E-state index contributed by atoms with van der Waals surface area (Å²) >= 11 is 0. The molecule has 0 saturated heterocycles. The lowest BCUT2D eigenvalue weighted by Gasteiger charge is -2.38. The Kier molecular flexibility index (Phi) is 5.33. The zero-order valence-electron chi connectivity index (χ0n) is 17.7. The summed E-state index contributed by atoms with van der Waals surface area (Å²) in [6, 6.07) is 7.23. The fraction of sp³-hybridized carbons (Fsp3) is 0.542. The van der Waals surface area contributed by atoms with Crippen molar-refractivity contribution in [1.29, 1.82) is 0 Å². The van der Waals surface area contributed by atoms with E-state index in [2.05, 4.69) is 68.2 Å². The molecule has 0 saturated carbocycles. The first-order valence-electron chi connectivity index (χ1n) is 10.9. The summed E-state index contributed by atoms with van der Waals surface area (Å²) < 4.78 is 0. The predicted octanol–water partition coefficient (Wildman–Crippen LogP) is 3.05. The lowest BCUT2D eigenvalue weighted by Crippen LogP contribution is -3.15. The van der Waals surface area contributed by atoms with Crippen LogP contribution in [-0.2, 0) is 11.2 Å². The second-order valence-corrected chi connectivity index (χ2v) is 8.91. The molecule has 1 aliphatic carbocycles. The van der Waals surface area contributed by atoms with E-state index >= 15 is 0 Å². The molecule has 4 nitrogen and oxygen atoms in total. The largest absolute Gasteiger partial charge is 0.361 e. The summed E-state index contributed by atoms with van der Waals surface area (Å²) in [6.45, 7) is 8.27. The molecule has 0 radical (unpaired) electrons. The van der Waals surface area contributed by atoms with Gasteiger partial charge in [0.15, 0.2) is 0 Å². The van der Waals surface area contributed by atoms with Crippen LogP contribution in [0.1, 0.15) is 51.2 Å². The number of likely N-dealkylation sites (N-methyl/N-ethyl adjacent to an activating group) is 1. The van der Waals surface area contributed by atoms with Crippen LogP contribution in [0.4, 0.5) is 0 Å². The van der Waals surface area contributed by atoms with E-state index in [-0.39, 0.29) is 12.0 Å². The topological polar surface area (TPSA) is 40.5 Å². The van der Waals surface area contributed by atoms with E-state index in [1.165, 1.54) is 45.3 Å². The molecule has 0 bridgehead atoms. The van der Waals surface area contributed by atoms with Gasteiger partial charge in [-0.1, -0.05) is 38.0 Å². The SMILES string of the molecule is CCCCCN(C(=O)[C@@H]1C=C2c3cccc4[nH]cc(c34)C[C@H]2[NH+](C)C1)C(C)C. The van der Waals surface area contributed by atoms with Crippen molar-refractivity contribution in [2.45, 2.75) is 58.5 Å². The van der Waals surface area contributed by atoms with Gasteiger partial charge in [0.05, 0.1) is 13.6 Å². The number of quaternary nitrogens is 1. The molecule has 1 unspecified atom stereocenters. The minimum absolute atomic E-state index is 0.0222. The number of hydrogen-bond donors (Lipinski definition) is 2. The molecule has 1 aromatic carbocycles. The van der Waals surface area contributed by atoms with Gasteiger partial charge in [0, 0.05) is 41.7 Å². The number of rotatable bonds is 6. The highest BCUT2D eigenvalue weighted by Gasteiger charge is 2.39. The Morgan fingerprint density at radius 2 is 2.14 bits per heavy atom. The number of fused-ring (bicyclic) bond motifs is 2. The summed E-state index contributed by atoms with van der Waals surface area (Å²) in [4.78, 5) is 20.4. The lowest BCUT2D eigenvalue weighted by atomic mass is 9.79. The maximum Gasteiger partial charge on any atom is 0.235 e. The van der Waals surface area contributed by atoms with Gasteiger partial charge in [-0.2, -0.15) is 0 Å². The summed E-state index contributed by atoms with van der Waals surface area (Å²) in [6.07, 6.45) is 9.00. The van der Waals surface area contributed by atoms with Gasteiger partial charge in [-0.05, 0) is 37.5 Å². The second kappa shape index (κ2) is 7.75. The molecule has 2 N–H and O–H groups in total. The molecule has 2 aromatic rings. The van der Waals surface area contributed by atoms with Crippen molar-refractivity contribution in [3.8, 4) is 0 Å². The summed E-state index contributed by atoms with van der Waals surface area (Å²) in [7, 11) is 2.26. The van der Waals surface area contributed by atoms with Crippen molar-refractivity contribution in [3.05, 3.63) is 41.6 Å². The van der Waals surface area contributed by atoms with Crippen LogP contribution in [0.5, 0.6) is 0 Å². The second-order valence-electron chi connectivity index (χ2n) is 8.91. The predicted molar refractivity (Wildman–Crippen MR) is 115 cm³/mol. The number of carbonyl (C=O) groups excluding carboxylic acids is 1. The van der Waals surface area contributed by atoms with Crippen LogP contribution >= 0.6 is 0 Å². The first kappa shape index (κ1) is 19.3. The van der Waals surface area contributed by atoms with Crippen LogP contribution in [0.25, 0.3) is 16.5 Å². The number of nitrogens with one attached hydrogen (secondary N) is 2. The van der Waals surface area contributed by atoms with Crippen molar-refractivity contribution >= 4 is 22.4 Å². The third-order valence-corrected chi connectivity index (χ3v) is 6.64. The lowest BCUT2D eigenvalue weighted by molar-refractivity contribution is -0.900. The Bertz CT molecular complexity index is 894. The molecule has 3 atom stereocenters. The van der Waals surface area contributed by atoms with E-state index < -0.39 is 0 Å². The quantitative estimate of drug-likeness (QED) is 0.743. The number of carbonyl (C=O) groups is 1. The highest BCUT2D eigenvalue weighted by molar-refractivity contribution is 5.98. The van der Waals surface area contributed by atoms with E-state index in [0.717, 1.165) is 25.9 Å². The number of benzene rings is 1. The number of nitrogens with zero attached hydrogens (tertiary/aromatic N) is 1. The highest BCUT2D eigenvalue weighted by Crippen LogP contribution is 2.37. The van der Waals surface area contributed by atoms with Gasteiger partial charge in [0.25, 0.3) is 0 Å². The molecule has 4 rings (SSSR count). The molecule has 0 spiro atoms. The number of unbranched alkanes of at least 4 members (excludes halogenated alkanes) is 2. The zero-order valence-corrected chi connectivity index (χ0v) is 17.7. The molecule has 2 heterocycles. The van der Waals surface area contributed by atoms with Crippen LogP contribution < -0.4 is 4.90 Å². The fourth-order valence-electron chi connectivity index (χ4n) is 5.11. The van der Waals surface area contributed by atoms with E-state index in [9.17, 15) is 4.79 Å². The maximum atomic E-state index is 13.5. The van der Waals surface area contributed by atoms with Crippen molar-refractivity contribution in [2.75, 3.05) is 20.1 Å². The standard InChI is InChI=1S/C24H33N3O/c1-5-6-7-11-27(16(2)3)24(28)18-12-20-19-9-8-10-21-23(19)17(14-25-21)13-22(20)26(4)15-18/h8-10,12,14,16,18,22,25H,5-7,11,13,15H2,1-4H3/p+1/t18-,22-/m1/s1. The smallest absolute Gasteiger partial charge is 0.235 e. The van der Waals surface area contributed by atoms with Crippen molar-refractivity contribution in [3.63, 3.8) is 0 Å². The van der Waals surface area contributed by atoms with Crippen LogP contribution in [0, 0.1) is 5.92 Å². The van der Waals surface area contributed by atoms with Gasteiger partial charge in [0.1, 0.15) is 12.0 Å². The molecule has 28 heavy (non-hydrogen) atoms. The van der Waals surface area contributed by atoms with Crippen molar-refractivity contribution in [2.24, 2.45) is 5.92 Å². The minimum Gasteiger partial charge on any atom is -0.361 e. The Morgan fingerprint density at radius 1 is 1.32 bits per heavy atom. The number of aromatic amines is 1. The van der Waals surface area contributed by atoms with Gasteiger partial charge in [-0.25, -0.2) is 0 Å². The molecule has 0 fully saturated rings. The third-order valence-electron chi connectivity index (χ3n) is 6.64. The van der Waals surface area contributed by atoms with E-state index in [1.54, 1.807) is 0 Å². The number of amides is 1. The first-order valence-corrected chi connectivity index (χ1v) is 10.9. The van der Waals surface area contributed by atoms with Gasteiger partial charge in [-0.3, -0.25) is 4.79 Å². The Labute approximate surface area is 168 Å². The molecule has 1 amide bonds. The van der Waals surface area contributed by atoms with E-state index in [4.69, 9.17) is 0 Å². The number of aromatic nitrogens is 1. The Morgan fingerprint density at radius 3 is 2.89 bits per heavy atom. The summed E-state index contributed by atoms with van der Waals surface area (Å²) in [5.41, 5.74) is 5.32. The molecular formula is C24H34N3O+. The summed E-state index contributed by atoms with van der Waals surface area (Å²) in [5, 5.41) is 1.36. The monoisotopic (exact) mass is 380 g/mol. The average molecular weight is 381 g/mol. The number of H-pyrrole nitrogens is 1. The first-order chi connectivity index (χ1) is 13.5. The third kappa shape index (κ3) is 3.28. The van der Waals surface area contributed by atoms with E-state index in [0.29, 0.717) is 11.9 Å². The molecule has 1 aromatic heterocycles. The van der Waals surface area contributed by atoms with E-state index in [1.807, 2.05) is 0 Å². The average Bonchev–Trinajstić information content (AvgIpc) is 3.09. The van der Waals surface area contributed by atoms with Gasteiger partial charge in [0.2, 0.25) is 5.91 Å². The van der Waals surface area contributed by atoms with Gasteiger partial charge >= 0.3 is 0 Å². The van der Waals surface area contributed by atoms with Gasteiger partial charge < -0.3 is 14.8 Å². The Hall–Kier alpha value is -2.07. The molecule has 2 aliphatic rings. The summed E-state index contributed by atoms with van der Waals surface area (Å²) in [5.74, 6) is 0.287. The minimum atomic E-state index is -0.0222. The van der Waals surface area contributed by atoms with Crippen LogP contribution in [0.2, 0.25) is 0 Å². The highest BCUT2D eigenvalue weighted by atomic mass is 16.2. The molecular weight excluding hydrogens is 346 g/mol. The molecule has 4 heteroatoms. The van der Waals surface area contributed by atoms with Crippen molar-refractivity contribution < 1.29 is 9.69 Å². The normalized spacial score (nSPS) is 23.6. The Balaban J connectivity index is 1.67. The zero-order chi connectivity index (χ0) is 19.8. The number of hydrogen-bond acceptors (Lipinski definition) is 1. The van der Waals surface area contributed by atoms with Crippen molar-refractivity contribution in [1.82, 2.24) is 9.88 Å². The molecule has 150 valence electrons. The van der Waals surface area contributed by atoms with Crippen LogP contribution in [0.15, 0.2) is 30.5 Å². The maximum absolute atomic E-state index is 13.5. The van der Waals surface area contributed by atoms with Gasteiger partial charge in [-0.15, -0.1) is 0 Å². The molecule has 1 aliphatic heterocycles. The fourth-order valence-corrected chi connectivity index (χ4v) is 5.11. The van der Waals surface area contributed by atoms with Crippen LogP contribution in [-0.4, -0.2) is 48.0 Å². The van der Waals surface area contributed by atoms with Crippen LogP contribution in [0.3, 0.4) is 0 Å².